The number of nitrogens with zero attached hydrogens (tertiary/aromatic N) is 4. The van der Waals surface area contributed by atoms with E-state index in [0.29, 0.717) is 18.5 Å². The van der Waals surface area contributed by atoms with Crippen LogP contribution in [0.5, 0.6) is 0 Å². The largest absolute Gasteiger partial charge is 0.391 e. The molecule has 29 heavy (non-hydrogen) atoms. The average Bonchev–Trinajstić information content (AvgIpc) is 3.46. The highest BCUT2D eigenvalue weighted by atomic mass is 16.3. The molecule has 1 aromatic carbocycles. The molecule has 3 aromatic rings. The molecule has 1 unspecified atom stereocenters. The third-order valence-electron chi connectivity index (χ3n) is 5.37. The third kappa shape index (κ3) is 4.38. The van der Waals surface area contributed by atoms with Gasteiger partial charge in [0.15, 0.2) is 0 Å². The van der Waals surface area contributed by atoms with Gasteiger partial charge in [0.05, 0.1) is 29.6 Å². The van der Waals surface area contributed by atoms with Gasteiger partial charge in [-0.3, -0.25) is 14.5 Å². The van der Waals surface area contributed by atoms with Crippen LogP contribution in [0.3, 0.4) is 0 Å². The summed E-state index contributed by atoms with van der Waals surface area (Å²) in [5.74, 6) is 0.0649. The van der Waals surface area contributed by atoms with Crippen LogP contribution in [0.25, 0.3) is 22.5 Å². The van der Waals surface area contributed by atoms with Crippen LogP contribution in [0.2, 0.25) is 0 Å². The van der Waals surface area contributed by atoms with Gasteiger partial charge in [-0.05, 0) is 43.5 Å². The number of aliphatic hydroxyl groups is 1. The van der Waals surface area contributed by atoms with E-state index in [-0.39, 0.29) is 12.0 Å². The fourth-order valence-corrected chi connectivity index (χ4v) is 3.59. The number of amides is 1. The van der Waals surface area contributed by atoms with E-state index in [2.05, 4.69) is 10.1 Å². The van der Waals surface area contributed by atoms with Crippen LogP contribution in [-0.2, 0) is 6.54 Å². The summed E-state index contributed by atoms with van der Waals surface area (Å²) in [6, 6.07) is 13.8. The van der Waals surface area contributed by atoms with Crippen molar-refractivity contribution in [2.24, 2.45) is 0 Å². The topological polar surface area (TPSA) is 71.2 Å². The predicted octanol–water partition coefficient (Wildman–Crippen LogP) is 3.62. The highest BCUT2D eigenvalue weighted by molar-refractivity contribution is 5.94. The van der Waals surface area contributed by atoms with Crippen molar-refractivity contribution in [3.05, 3.63) is 60.4 Å². The van der Waals surface area contributed by atoms with Crippen molar-refractivity contribution in [2.45, 2.75) is 38.8 Å². The van der Waals surface area contributed by atoms with Crippen molar-refractivity contribution in [3.63, 3.8) is 0 Å². The van der Waals surface area contributed by atoms with Crippen LogP contribution in [0, 0.1) is 0 Å². The lowest BCUT2D eigenvalue weighted by Gasteiger charge is -2.15. The van der Waals surface area contributed by atoms with Gasteiger partial charge < -0.3 is 10.0 Å². The predicted molar refractivity (Wildman–Crippen MR) is 112 cm³/mol. The SMILES string of the molecule is CCC(O)Cn1ccc(-c2cccc(-c3ccc(C(=O)N4CCCC4)cn3)c2)n1. The second-order valence-corrected chi connectivity index (χ2v) is 7.50. The number of aliphatic hydroxyl groups excluding tert-OH is 1. The van der Waals surface area contributed by atoms with Crippen LogP contribution in [0.15, 0.2) is 54.9 Å². The summed E-state index contributed by atoms with van der Waals surface area (Å²) in [5.41, 5.74) is 4.29. The second kappa shape index (κ2) is 8.57. The van der Waals surface area contributed by atoms with E-state index in [1.165, 1.54) is 0 Å². The van der Waals surface area contributed by atoms with Crippen LogP contribution in [-0.4, -0.2) is 49.9 Å². The van der Waals surface area contributed by atoms with E-state index in [9.17, 15) is 9.90 Å². The van der Waals surface area contributed by atoms with E-state index < -0.39 is 0 Å². The zero-order valence-electron chi connectivity index (χ0n) is 16.7. The highest BCUT2D eigenvalue weighted by Gasteiger charge is 2.19. The quantitative estimate of drug-likeness (QED) is 0.698. The van der Waals surface area contributed by atoms with E-state index in [1.54, 1.807) is 10.9 Å². The molecule has 0 aliphatic carbocycles. The molecule has 1 amide bonds. The summed E-state index contributed by atoms with van der Waals surface area (Å²) in [4.78, 5) is 18.9. The van der Waals surface area contributed by atoms with Gasteiger partial charge >= 0.3 is 0 Å². The number of rotatable bonds is 6. The van der Waals surface area contributed by atoms with Gasteiger partial charge in [0, 0.05) is 36.6 Å². The minimum Gasteiger partial charge on any atom is -0.391 e. The van der Waals surface area contributed by atoms with Crippen LogP contribution >= 0.6 is 0 Å². The molecule has 1 fully saturated rings. The monoisotopic (exact) mass is 390 g/mol. The van der Waals surface area contributed by atoms with E-state index in [0.717, 1.165) is 48.4 Å². The van der Waals surface area contributed by atoms with Crippen molar-refractivity contribution in [1.29, 1.82) is 0 Å². The summed E-state index contributed by atoms with van der Waals surface area (Å²) in [7, 11) is 0. The molecular weight excluding hydrogens is 364 g/mol. The van der Waals surface area contributed by atoms with Crippen LogP contribution < -0.4 is 0 Å². The summed E-state index contributed by atoms with van der Waals surface area (Å²) < 4.78 is 1.77. The molecule has 3 heterocycles. The lowest BCUT2D eigenvalue weighted by Crippen LogP contribution is -2.27. The molecule has 2 aromatic heterocycles. The number of hydrogen-bond acceptors (Lipinski definition) is 4. The Kier molecular flexibility index (Phi) is 5.71. The summed E-state index contributed by atoms with van der Waals surface area (Å²) in [6.45, 7) is 4.12. The van der Waals surface area contributed by atoms with Crippen LogP contribution in [0.1, 0.15) is 36.5 Å². The van der Waals surface area contributed by atoms with Crippen molar-refractivity contribution in [3.8, 4) is 22.5 Å². The summed E-state index contributed by atoms with van der Waals surface area (Å²) in [6.07, 6.45) is 6.03. The fraction of sp³-hybridized carbons (Fsp3) is 0.348. The van der Waals surface area contributed by atoms with Gasteiger partial charge in [0.1, 0.15) is 0 Å². The molecule has 0 saturated carbocycles. The zero-order valence-corrected chi connectivity index (χ0v) is 16.7. The lowest BCUT2D eigenvalue weighted by atomic mass is 10.0. The van der Waals surface area contributed by atoms with Crippen LogP contribution in [0.4, 0.5) is 0 Å². The standard InChI is InChI=1S/C23H26N4O2/c1-2-20(28)16-27-13-10-22(25-27)18-7-5-6-17(14-18)21-9-8-19(15-24-21)23(29)26-11-3-4-12-26/h5-10,13-15,20,28H,2-4,11-12,16H2,1H3. The Bertz CT molecular complexity index is 975. The average molecular weight is 390 g/mol. The first kappa shape index (κ1) is 19.3. The van der Waals surface area contributed by atoms with E-state index >= 15 is 0 Å². The van der Waals surface area contributed by atoms with Crippen molar-refractivity contribution < 1.29 is 9.90 Å². The summed E-state index contributed by atoms with van der Waals surface area (Å²) >= 11 is 0. The number of benzene rings is 1. The molecule has 1 aliphatic heterocycles. The molecule has 6 heteroatoms. The summed E-state index contributed by atoms with van der Waals surface area (Å²) in [5, 5.41) is 14.4. The van der Waals surface area contributed by atoms with Crippen molar-refractivity contribution in [2.75, 3.05) is 13.1 Å². The molecule has 6 nitrogen and oxygen atoms in total. The number of likely N-dealkylation sites (tertiary alicyclic amines) is 1. The number of carbonyl (C=O) groups is 1. The number of pyridine rings is 1. The molecule has 1 saturated heterocycles. The Labute approximate surface area is 170 Å². The Balaban J connectivity index is 1.52. The Morgan fingerprint density at radius 1 is 1.10 bits per heavy atom. The Hall–Kier alpha value is -2.99. The first-order chi connectivity index (χ1) is 14.1. The minimum atomic E-state index is -0.389. The number of carbonyl (C=O) groups excluding carboxylic acids is 1. The van der Waals surface area contributed by atoms with Gasteiger partial charge in [-0.2, -0.15) is 5.10 Å². The minimum absolute atomic E-state index is 0.0649. The maximum atomic E-state index is 12.5. The van der Waals surface area contributed by atoms with Gasteiger partial charge in [0.2, 0.25) is 0 Å². The molecule has 0 radical (unpaired) electrons. The van der Waals surface area contributed by atoms with E-state index in [4.69, 9.17) is 0 Å². The molecule has 1 atom stereocenters. The molecule has 150 valence electrons. The molecule has 0 spiro atoms. The Morgan fingerprint density at radius 3 is 2.55 bits per heavy atom. The Morgan fingerprint density at radius 2 is 1.86 bits per heavy atom. The molecule has 1 aliphatic rings. The molecule has 4 rings (SSSR count). The first-order valence-electron chi connectivity index (χ1n) is 10.2. The van der Waals surface area contributed by atoms with Gasteiger partial charge in [-0.1, -0.05) is 25.1 Å². The van der Waals surface area contributed by atoms with Crippen molar-refractivity contribution in [1.82, 2.24) is 19.7 Å². The fourth-order valence-electron chi connectivity index (χ4n) is 3.59. The zero-order chi connectivity index (χ0) is 20.2. The molecule has 1 N–H and O–H groups in total. The van der Waals surface area contributed by atoms with Gasteiger partial charge in [-0.15, -0.1) is 0 Å². The van der Waals surface area contributed by atoms with E-state index in [1.807, 2.05) is 60.5 Å². The first-order valence-corrected chi connectivity index (χ1v) is 10.2. The second-order valence-electron chi connectivity index (χ2n) is 7.50. The molecular formula is C23H26N4O2. The van der Waals surface area contributed by atoms with Gasteiger partial charge in [-0.25, -0.2) is 0 Å². The maximum absolute atomic E-state index is 12.5. The molecule has 0 bridgehead atoms. The third-order valence-corrected chi connectivity index (χ3v) is 5.37. The smallest absolute Gasteiger partial charge is 0.255 e. The normalized spacial score (nSPS) is 14.9. The maximum Gasteiger partial charge on any atom is 0.255 e. The van der Waals surface area contributed by atoms with Gasteiger partial charge in [0.25, 0.3) is 5.91 Å². The van der Waals surface area contributed by atoms with Crippen molar-refractivity contribution >= 4 is 5.91 Å². The lowest BCUT2D eigenvalue weighted by molar-refractivity contribution is 0.0792. The number of aromatic nitrogens is 3. The highest BCUT2D eigenvalue weighted by Crippen LogP contribution is 2.25. The number of hydrogen-bond donors (Lipinski definition) is 1.